The van der Waals surface area contributed by atoms with Gasteiger partial charge in [-0.25, -0.2) is 0 Å². The van der Waals surface area contributed by atoms with E-state index < -0.39 is 0 Å². The number of nitrogens with zero attached hydrogens (tertiary/aromatic N) is 2. The molecule has 3 rings (SSSR count). The van der Waals surface area contributed by atoms with Crippen LogP contribution in [0.3, 0.4) is 0 Å². The molecular weight excluding hydrogens is 483 g/mol. The average molecular weight is 513 g/mol. The molecule has 2 aromatic carbocycles. The van der Waals surface area contributed by atoms with Crippen molar-refractivity contribution in [3.05, 3.63) is 82.3 Å². The number of aryl methyl sites for hydroxylation is 2. The fraction of sp³-hybridized carbons (Fsp3) is 0.308. The molecule has 0 atom stereocenters. The van der Waals surface area contributed by atoms with Crippen molar-refractivity contribution in [3.8, 4) is 0 Å². The van der Waals surface area contributed by atoms with Crippen molar-refractivity contribution in [2.24, 2.45) is 9.98 Å². The van der Waals surface area contributed by atoms with E-state index in [9.17, 15) is 0 Å². The van der Waals surface area contributed by atoms with Crippen molar-refractivity contribution < 1.29 is 17.6 Å². The third-order valence-electron chi connectivity index (χ3n) is 5.07. The summed E-state index contributed by atoms with van der Waals surface area (Å²) in [5.74, 6) is 2.28. The van der Waals surface area contributed by atoms with Crippen LogP contribution in [0.5, 0.6) is 0 Å². The van der Waals surface area contributed by atoms with Crippen molar-refractivity contribution >= 4 is 44.0 Å². The Balaban J connectivity index is 0.00000114. The van der Waals surface area contributed by atoms with Crippen LogP contribution in [0.1, 0.15) is 73.3 Å². The van der Waals surface area contributed by atoms with Gasteiger partial charge in [0.1, 0.15) is 11.5 Å². The van der Waals surface area contributed by atoms with E-state index in [1.54, 1.807) is 12.4 Å². The van der Waals surface area contributed by atoms with Gasteiger partial charge in [0.05, 0.1) is 23.8 Å². The normalized spacial score (nSPS) is 11.7. The first-order chi connectivity index (χ1) is 15.3. The van der Waals surface area contributed by atoms with E-state index in [0.717, 1.165) is 22.9 Å². The molecule has 3 aromatic rings. The molecule has 0 aliphatic heterocycles. The van der Waals surface area contributed by atoms with Crippen LogP contribution in [0.25, 0.3) is 0 Å². The molecule has 172 valence electrons. The molecule has 0 saturated heterocycles. The molecule has 0 bridgehead atoms. The summed E-state index contributed by atoms with van der Waals surface area (Å²) in [6, 6.07) is 16.5. The number of benzene rings is 2. The molecule has 0 aliphatic carbocycles. The average Bonchev–Trinajstić information content (AvgIpc) is 3.20. The Labute approximate surface area is 206 Å². The number of aliphatic imine (C=N–C) groups is 2. The van der Waals surface area contributed by atoms with Gasteiger partial charge < -0.3 is 4.42 Å². The standard InChI is InChI=1S/C26H30N2O.2ClH.Fe/c1-17(2)23-11-7-9-19(5)25(23)27-15-21-13-14-22(29-21)16-28-26-20(6)10-8-12-24(26)18(3)4;;;/h7-18H,1-6H3;2*1H;/q;;;+2/p-2. The first-order valence-corrected chi connectivity index (χ1v) is 13.5. The van der Waals surface area contributed by atoms with Gasteiger partial charge in [-0.3, -0.25) is 9.98 Å². The van der Waals surface area contributed by atoms with Crippen molar-refractivity contribution in [1.82, 2.24) is 0 Å². The topological polar surface area (TPSA) is 37.9 Å². The van der Waals surface area contributed by atoms with Crippen LogP contribution in [0, 0.1) is 13.8 Å². The first kappa shape index (κ1) is 26.4. The third kappa shape index (κ3) is 7.35. The summed E-state index contributed by atoms with van der Waals surface area (Å²) in [4.78, 5) is 9.43. The second kappa shape index (κ2) is 13.0. The van der Waals surface area contributed by atoms with Crippen molar-refractivity contribution in [2.45, 2.75) is 53.4 Å². The van der Waals surface area contributed by atoms with E-state index in [-0.39, 0.29) is 13.1 Å². The molecule has 0 N–H and O–H groups in total. The second-order valence-electron chi connectivity index (χ2n) is 8.14. The van der Waals surface area contributed by atoms with Gasteiger partial charge in [-0.05, 0) is 60.1 Å². The van der Waals surface area contributed by atoms with E-state index in [4.69, 9.17) is 34.6 Å². The zero-order valence-corrected chi connectivity index (χ0v) is 22.0. The number of halogens is 2. The van der Waals surface area contributed by atoms with E-state index in [1.165, 1.54) is 22.3 Å². The van der Waals surface area contributed by atoms with Crippen LogP contribution in [0.4, 0.5) is 11.4 Å². The van der Waals surface area contributed by atoms with Crippen LogP contribution >= 0.6 is 20.2 Å². The number of hydrogen-bond donors (Lipinski definition) is 0. The van der Waals surface area contributed by atoms with Gasteiger partial charge >= 0.3 is 33.3 Å². The van der Waals surface area contributed by atoms with Gasteiger partial charge in [-0.2, -0.15) is 0 Å². The summed E-state index contributed by atoms with van der Waals surface area (Å²) in [6.07, 6.45) is 3.58. The summed E-state index contributed by atoms with van der Waals surface area (Å²) in [7, 11) is 9.53. The Morgan fingerprint density at radius 2 is 1.09 bits per heavy atom. The Bertz CT molecular complexity index is 989. The molecule has 1 heterocycles. The molecule has 1 aromatic heterocycles. The number of furan rings is 1. The van der Waals surface area contributed by atoms with E-state index in [1.807, 2.05) is 12.1 Å². The van der Waals surface area contributed by atoms with E-state index in [0.29, 0.717) is 11.8 Å². The number of rotatable bonds is 6. The molecule has 0 aliphatic rings. The zero-order chi connectivity index (χ0) is 23.7. The summed E-state index contributed by atoms with van der Waals surface area (Å²) in [6.45, 7) is 12.9. The van der Waals surface area contributed by atoms with Crippen molar-refractivity contribution in [3.63, 3.8) is 0 Å². The molecule has 0 saturated carbocycles. The zero-order valence-electron chi connectivity index (χ0n) is 19.3. The van der Waals surface area contributed by atoms with Gasteiger partial charge in [-0.15, -0.1) is 0 Å². The molecular formula is C26H30Cl2FeN2O. The first-order valence-electron chi connectivity index (χ1n) is 10.5. The Hall–Kier alpha value is -1.84. The van der Waals surface area contributed by atoms with Crippen LogP contribution in [-0.2, 0) is 13.1 Å². The van der Waals surface area contributed by atoms with Gasteiger partial charge in [0.15, 0.2) is 0 Å². The minimum absolute atomic E-state index is 0.194. The fourth-order valence-corrected chi connectivity index (χ4v) is 3.41. The summed E-state index contributed by atoms with van der Waals surface area (Å²) in [5, 5.41) is 0. The predicted molar refractivity (Wildman–Crippen MR) is 135 cm³/mol. The quantitative estimate of drug-likeness (QED) is 0.239. The molecule has 6 heteroatoms. The van der Waals surface area contributed by atoms with Gasteiger partial charge in [-0.1, -0.05) is 64.1 Å². The predicted octanol–water partition coefficient (Wildman–Crippen LogP) is 9.02. The Morgan fingerprint density at radius 1 is 0.719 bits per heavy atom. The Morgan fingerprint density at radius 3 is 1.44 bits per heavy atom. The summed E-state index contributed by atoms with van der Waals surface area (Å²) >= 11 is 0.194. The number of hydrogen-bond acceptors (Lipinski definition) is 3. The van der Waals surface area contributed by atoms with Crippen LogP contribution < -0.4 is 0 Å². The molecule has 0 unspecified atom stereocenters. The third-order valence-corrected chi connectivity index (χ3v) is 5.07. The summed E-state index contributed by atoms with van der Waals surface area (Å²) < 4.78 is 5.91. The van der Waals surface area contributed by atoms with Gasteiger partial charge in [0.2, 0.25) is 0 Å². The maximum absolute atomic E-state index is 5.91. The Kier molecular flexibility index (Phi) is 10.7. The molecule has 3 nitrogen and oxygen atoms in total. The molecule has 32 heavy (non-hydrogen) atoms. The van der Waals surface area contributed by atoms with Crippen LogP contribution in [0.2, 0.25) is 0 Å². The van der Waals surface area contributed by atoms with Crippen molar-refractivity contribution in [1.29, 1.82) is 0 Å². The fourth-order valence-electron chi connectivity index (χ4n) is 3.41. The van der Waals surface area contributed by atoms with Crippen molar-refractivity contribution in [2.75, 3.05) is 0 Å². The van der Waals surface area contributed by atoms with E-state index in [2.05, 4.69) is 77.9 Å². The van der Waals surface area contributed by atoms with Gasteiger partial charge in [0.25, 0.3) is 0 Å². The number of para-hydroxylation sites is 2. The monoisotopic (exact) mass is 512 g/mol. The summed E-state index contributed by atoms with van der Waals surface area (Å²) in [5.41, 5.74) is 6.88. The molecule has 0 fully saturated rings. The van der Waals surface area contributed by atoms with Crippen LogP contribution in [-0.4, -0.2) is 12.4 Å². The SMILES string of the molecule is Cc1cccc(C(C)C)c1N=Cc1ccc(C=Nc2c(C)cccc2C(C)C)o1.[Cl][Fe][Cl]. The molecule has 0 radical (unpaired) electrons. The van der Waals surface area contributed by atoms with E-state index >= 15 is 0 Å². The maximum atomic E-state index is 5.91. The molecule has 0 amide bonds. The minimum atomic E-state index is 0.194. The van der Waals surface area contributed by atoms with Crippen LogP contribution in [0.15, 0.2) is 62.9 Å². The second-order valence-corrected chi connectivity index (χ2v) is 9.97. The molecule has 0 spiro atoms. The van der Waals surface area contributed by atoms with Gasteiger partial charge in [0, 0.05) is 0 Å².